The number of hydrogen-bond acceptors (Lipinski definition) is 4. The predicted octanol–water partition coefficient (Wildman–Crippen LogP) is 1.76. The molecule has 19 heavy (non-hydrogen) atoms. The molecule has 0 spiro atoms. The van der Waals surface area contributed by atoms with Crippen LogP contribution < -0.4 is 0 Å². The molecule has 0 saturated carbocycles. The highest BCUT2D eigenvalue weighted by Gasteiger charge is 2.13. The Morgan fingerprint density at radius 2 is 2.00 bits per heavy atom. The van der Waals surface area contributed by atoms with Crippen LogP contribution in [-0.2, 0) is 16.3 Å². The highest BCUT2D eigenvalue weighted by atomic mass is 32.2. The van der Waals surface area contributed by atoms with E-state index in [2.05, 4.69) is 4.98 Å². The summed E-state index contributed by atoms with van der Waals surface area (Å²) in [4.78, 5) is 4.35. The summed E-state index contributed by atoms with van der Waals surface area (Å²) in [5.74, 6) is 0. The molecular weight excluding hydrogens is 262 g/mol. The van der Waals surface area contributed by atoms with E-state index in [0.29, 0.717) is 12.0 Å². The van der Waals surface area contributed by atoms with Gasteiger partial charge in [0, 0.05) is 24.6 Å². The molecule has 0 aliphatic carbocycles. The van der Waals surface area contributed by atoms with Gasteiger partial charge in [-0.05, 0) is 29.8 Å². The van der Waals surface area contributed by atoms with Crippen LogP contribution in [-0.4, -0.2) is 24.8 Å². The normalized spacial score (nSPS) is 13.2. The van der Waals surface area contributed by atoms with Crippen LogP contribution in [0, 0.1) is 0 Å². The van der Waals surface area contributed by atoms with Crippen molar-refractivity contribution in [2.75, 3.05) is 6.26 Å². The molecule has 1 aromatic carbocycles. The first-order chi connectivity index (χ1) is 8.97. The van der Waals surface area contributed by atoms with Gasteiger partial charge in [0.05, 0.1) is 11.0 Å². The molecule has 0 aliphatic heterocycles. The Bertz CT molecular complexity index is 653. The van der Waals surface area contributed by atoms with Crippen molar-refractivity contribution in [2.45, 2.75) is 17.4 Å². The zero-order valence-corrected chi connectivity index (χ0v) is 11.3. The third-order valence-electron chi connectivity index (χ3n) is 2.80. The molecule has 0 aliphatic rings. The van der Waals surface area contributed by atoms with Gasteiger partial charge < -0.3 is 5.11 Å². The fourth-order valence-corrected chi connectivity index (χ4v) is 2.46. The van der Waals surface area contributed by atoms with Gasteiger partial charge in [0.25, 0.3) is 0 Å². The molecule has 1 aromatic heterocycles. The first-order valence-corrected chi connectivity index (χ1v) is 7.74. The summed E-state index contributed by atoms with van der Waals surface area (Å²) in [6.07, 6.45) is 2.40. The minimum atomic E-state index is -3.26. The van der Waals surface area contributed by atoms with E-state index >= 15 is 0 Å². The Balaban J connectivity index is 2.23. The third-order valence-corrected chi connectivity index (χ3v) is 3.91. The van der Waals surface area contributed by atoms with Crippen molar-refractivity contribution in [2.24, 2.45) is 0 Å². The molecule has 1 atom stereocenters. The monoisotopic (exact) mass is 277 g/mol. The molecule has 0 bridgehead atoms. The molecule has 1 N–H and O–H groups in total. The van der Waals surface area contributed by atoms with E-state index in [0.717, 1.165) is 11.9 Å². The third kappa shape index (κ3) is 3.62. The molecular formula is C14H15NO3S. The second kappa shape index (κ2) is 5.50. The lowest BCUT2D eigenvalue weighted by atomic mass is 10.0. The van der Waals surface area contributed by atoms with Crippen LogP contribution in [0.15, 0.2) is 53.6 Å². The lowest BCUT2D eigenvalue weighted by Crippen LogP contribution is -2.05. The number of hydrogen-bond donors (Lipinski definition) is 1. The Morgan fingerprint density at radius 1 is 1.21 bits per heavy atom. The van der Waals surface area contributed by atoms with Crippen LogP contribution in [0.4, 0.5) is 0 Å². The van der Waals surface area contributed by atoms with Gasteiger partial charge in [-0.3, -0.25) is 4.98 Å². The molecule has 1 heterocycles. The number of aromatic nitrogens is 1. The smallest absolute Gasteiger partial charge is 0.175 e. The number of benzene rings is 1. The number of sulfone groups is 1. The molecule has 0 fully saturated rings. The number of aliphatic hydroxyl groups is 1. The van der Waals surface area contributed by atoms with Gasteiger partial charge in [-0.25, -0.2) is 8.42 Å². The summed E-state index contributed by atoms with van der Waals surface area (Å²) in [6, 6.07) is 11.8. The highest BCUT2D eigenvalue weighted by Crippen LogP contribution is 2.20. The second-order valence-corrected chi connectivity index (χ2v) is 6.40. The van der Waals surface area contributed by atoms with Gasteiger partial charge in [-0.2, -0.15) is 0 Å². The molecule has 2 rings (SSSR count). The van der Waals surface area contributed by atoms with Gasteiger partial charge in [0.1, 0.15) is 0 Å². The number of pyridine rings is 1. The Morgan fingerprint density at radius 3 is 2.63 bits per heavy atom. The first kappa shape index (κ1) is 13.7. The number of nitrogens with zero attached hydrogens (tertiary/aromatic N) is 1. The van der Waals surface area contributed by atoms with E-state index in [1.54, 1.807) is 24.4 Å². The molecule has 2 aromatic rings. The standard InChI is InChI=1S/C14H15NO3S/c1-19(17,18)13-7-4-5-11(9-13)14(16)10-12-6-2-3-8-15-12/h2-9,14,16H,10H2,1H3. The Labute approximate surface area is 112 Å². The molecule has 0 saturated heterocycles. The SMILES string of the molecule is CS(=O)(=O)c1cccc(C(O)Cc2ccccn2)c1. The molecule has 100 valence electrons. The van der Waals surface area contributed by atoms with E-state index < -0.39 is 15.9 Å². The van der Waals surface area contributed by atoms with Crippen molar-refractivity contribution >= 4 is 9.84 Å². The highest BCUT2D eigenvalue weighted by molar-refractivity contribution is 7.90. The summed E-state index contributed by atoms with van der Waals surface area (Å²) in [7, 11) is -3.26. The van der Waals surface area contributed by atoms with Crippen molar-refractivity contribution in [3.8, 4) is 0 Å². The predicted molar refractivity (Wildman–Crippen MR) is 72.5 cm³/mol. The van der Waals surface area contributed by atoms with Crippen LogP contribution in [0.1, 0.15) is 17.4 Å². The van der Waals surface area contributed by atoms with E-state index in [1.807, 2.05) is 12.1 Å². The quantitative estimate of drug-likeness (QED) is 0.924. The molecule has 0 radical (unpaired) electrons. The van der Waals surface area contributed by atoms with E-state index in [4.69, 9.17) is 0 Å². The maximum atomic E-state index is 11.5. The summed E-state index contributed by atoms with van der Waals surface area (Å²) in [5.41, 5.74) is 1.34. The zero-order chi connectivity index (χ0) is 13.9. The van der Waals surface area contributed by atoms with Crippen molar-refractivity contribution in [3.63, 3.8) is 0 Å². The summed E-state index contributed by atoms with van der Waals surface area (Å²) in [5, 5.41) is 10.1. The van der Waals surface area contributed by atoms with E-state index in [1.165, 1.54) is 12.1 Å². The van der Waals surface area contributed by atoms with Crippen LogP contribution in [0.2, 0.25) is 0 Å². The number of aliphatic hydroxyl groups excluding tert-OH is 1. The topological polar surface area (TPSA) is 67.3 Å². The number of rotatable bonds is 4. The van der Waals surface area contributed by atoms with Crippen LogP contribution in [0.25, 0.3) is 0 Å². The lowest BCUT2D eigenvalue weighted by Gasteiger charge is -2.11. The van der Waals surface area contributed by atoms with E-state index in [-0.39, 0.29) is 4.90 Å². The van der Waals surface area contributed by atoms with Crippen LogP contribution in [0.3, 0.4) is 0 Å². The summed E-state index contributed by atoms with van der Waals surface area (Å²) >= 11 is 0. The minimum Gasteiger partial charge on any atom is -0.388 e. The Kier molecular flexibility index (Phi) is 3.97. The van der Waals surface area contributed by atoms with Gasteiger partial charge in [0.2, 0.25) is 0 Å². The lowest BCUT2D eigenvalue weighted by molar-refractivity contribution is 0.177. The second-order valence-electron chi connectivity index (χ2n) is 4.39. The molecule has 0 amide bonds. The van der Waals surface area contributed by atoms with Crippen molar-refractivity contribution < 1.29 is 13.5 Å². The molecule has 4 nitrogen and oxygen atoms in total. The largest absolute Gasteiger partial charge is 0.388 e. The first-order valence-electron chi connectivity index (χ1n) is 5.85. The molecule has 1 unspecified atom stereocenters. The van der Waals surface area contributed by atoms with Gasteiger partial charge in [-0.1, -0.05) is 18.2 Å². The van der Waals surface area contributed by atoms with Crippen molar-refractivity contribution in [3.05, 3.63) is 59.9 Å². The van der Waals surface area contributed by atoms with Crippen molar-refractivity contribution in [1.29, 1.82) is 0 Å². The maximum absolute atomic E-state index is 11.5. The average Bonchev–Trinajstić information content (AvgIpc) is 2.39. The van der Waals surface area contributed by atoms with Gasteiger partial charge >= 0.3 is 0 Å². The summed E-state index contributed by atoms with van der Waals surface area (Å²) < 4.78 is 22.9. The molecule has 5 heteroatoms. The van der Waals surface area contributed by atoms with Gasteiger partial charge in [0.15, 0.2) is 9.84 Å². The van der Waals surface area contributed by atoms with Crippen LogP contribution in [0.5, 0.6) is 0 Å². The van der Waals surface area contributed by atoms with Crippen LogP contribution >= 0.6 is 0 Å². The van der Waals surface area contributed by atoms with Crippen molar-refractivity contribution in [1.82, 2.24) is 4.98 Å². The maximum Gasteiger partial charge on any atom is 0.175 e. The summed E-state index contributed by atoms with van der Waals surface area (Å²) in [6.45, 7) is 0. The Hall–Kier alpha value is -1.72. The zero-order valence-electron chi connectivity index (χ0n) is 10.5. The van der Waals surface area contributed by atoms with Gasteiger partial charge in [-0.15, -0.1) is 0 Å². The fraction of sp³-hybridized carbons (Fsp3) is 0.214. The average molecular weight is 277 g/mol. The van der Waals surface area contributed by atoms with E-state index in [9.17, 15) is 13.5 Å². The fourth-order valence-electron chi connectivity index (χ4n) is 1.79. The minimum absolute atomic E-state index is 0.213.